The molecule has 2 aliphatic heterocycles. The summed E-state index contributed by atoms with van der Waals surface area (Å²) in [6.45, 7) is 2.67. The van der Waals surface area contributed by atoms with Crippen LogP contribution >= 0.6 is 0 Å². The van der Waals surface area contributed by atoms with Gasteiger partial charge in [0.2, 0.25) is 5.60 Å². The minimum Gasteiger partial charge on any atom is -0.459 e. The molecule has 2 fully saturated rings. The smallest absolute Gasteiger partial charge is 0.418 e. The highest BCUT2D eigenvalue weighted by atomic mass is 16.7. The highest BCUT2D eigenvalue weighted by molar-refractivity contribution is 6.06. The fourth-order valence-corrected chi connectivity index (χ4v) is 5.90. The van der Waals surface area contributed by atoms with E-state index >= 15 is 0 Å². The molecule has 0 bridgehead atoms. The van der Waals surface area contributed by atoms with Crippen molar-refractivity contribution in [3.05, 3.63) is 60.2 Å². The first-order chi connectivity index (χ1) is 22.6. The van der Waals surface area contributed by atoms with Gasteiger partial charge in [-0.25, -0.2) is 19.1 Å². The van der Waals surface area contributed by atoms with Gasteiger partial charge in [0.05, 0.1) is 30.0 Å². The number of carbonyl (C=O) groups excluding carboxylic acids is 4. The Morgan fingerprint density at radius 3 is 2.51 bits per heavy atom. The van der Waals surface area contributed by atoms with Crippen LogP contribution in [0.3, 0.4) is 0 Å². The first-order valence-corrected chi connectivity index (χ1v) is 14.7. The van der Waals surface area contributed by atoms with Gasteiger partial charge in [0, 0.05) is 38.3 Å². The highest BCUT2D eigenvalue weighted by Crippen LogP contribution is 2.43. The molecule has 5 heterocycles. The number of nitriles is 1. The van der Waals surface area contributed by atoms with Gasteiger partial charge in [0.15, 0.2) is 18.0 Å². The van der Waals surface area contributed by atoms with Gasteiger partial charge in [-0.15, -0.1) is 0 Å². The van der Waals surface area contributed by atoms with Crippen molar-refractivity contribution in [3.8, 4) is 6.07 Å². The number of nitrogen functional groups attached to an aromatic ring is 1. The Morgan fingerprint density at radius 1 is 1.04 bits per heavy atom. The molecule has 3 aromatic heterocycles. The topological polar surface area (TPSA) is 209 Å². The second-order valence-electron chi connectivity index (χ2n) is 11.0. The fraction of sp³-hybridized carbons (Fsp3) is 0.387. The van der Waals surface area contributed by atoms with Gasteiger partial charge < -0.3 is 34.2 Å². The standard InChI is InChI=1S/C31H30N6O10/c1-17(38)44-26-24(47-31(15-32,27(26)45-18(2)39)25-8-7-23-28(33)34-16-35-37(23)25)14-43-30(41)36-13-21(20-5-3-4-6-22(20)36)29(40)46-19-9-11-42-12-10-19/h3-8,13,16,19,24,26-27H,9-12,14H2,1-2H3,(H2,33,34,35)/t24-,26-,27-,31+/m1/s1. The molecule has 4 atom stereocenters. The second kappa shape index (κ2) is 12.7. The lowest BCUT2D eigenvalue weighted by Crippen LogP contribution is -2.45. The van der Waals surface area contributed by atoms with E-state index < -0.39 is 54.5 Å². The summed E-state index contributed by atoms with van der Waals surface area (Å²) in [4.78, 5) is 55.1. The van der Waals surface area contributed by atoms with Crippen LogP contribution in [-0.2, 0) is 43.6 Å². The first kappa shape index (κ1) is 31.5. The molecule has 2 saturated heterocycles. The Balaban J connectivity index is 1.30. The zero-order valence-corrected chi connectivity index (χ0v) is 25.4. The SMILES string of the molecule is CC(=O)O[C@H]1[C@@H](OC(C)=O)[C@](C#N)(c2ccc3c(N)ncnn23)O[C@@H]1COC(=O)n1cc(C(=O)OC2CCOCC2)c2ccccc21. The third-order valence-corrected chi connectivity index (χ3v) is 7.97. The van der Waals surface area contributed by atoms with Gasteiger partial charge in [-0.2, -0.15) is 10.4 Å². The van der Waals surface area contributed by atoms with E-state index in [-0.39, 0.29) is 23.2 Å². The number of nitrogens with zero attached hydrogens (tertiary/aromatic N) is 5. The minimum atomic E-state index is -2.09. The maximum Gasteiger partial charge on any atom is 0.418 e. The summed E-state index contributed by atoms with van der Waals surface area (Å²) in [5, 5.41) is 15.2. The molecule has 16 heteroatoms. The monoisotopic (exact) mass is 646 g/mol. The lowest BCUT2D eigenvalue weighted by atomic mass is 9.92. The van der Waals surface area contributed by atoms with E-state index in [0.717, 1.165) is 18.4 Å². The summed E-state index contributed by atoms with van der Waals surface area (Å²) in [5.74, 6) is -2.04. The Kier molecular flexibility index (Phi) is 8.50. The molecule has 2 aliphatic rings. The van der Waals surface area contributed by atoms with Crippen LogP contribution in [0.2, 0.25) is 0 Å². The van der Waals surface area contributed by atoms with Crippen LogP contribution < -0.4 is 5.73 Å². The summed E-state index contributed by atoms with van der Waals surface area (Å²) >= 11 is 0. The molecule has 1 aromatic carbocycles. The molecule has 244 valence electrons. The van der Waals surface area contributed by atoms with Crippen LogP contribution in [-0.4, -0.2) is 87.4 Å². The third-order valence-electron chi connectivity index (χ3n) is 7.97. The van der Waals surface area contributed by atoms with Crippen molar-refractivity contribution in [3.63, 3.8) is 0 Å². The Bertz CT molecular complexity index is 1910. The molecule has 0 saturated carbocycles. The maximum absolute atomic E-state index is 13.5. The molecule has 16 nitrogen and oxygen atoms in total. The molecule has 2 N–H and O–H groups in total. The normalized spacial score (nSPS) is 22.9. The number of esters is 3. The number of fused-ring (bicyclic) bond motifs is 2. The Morgan fingerprint density at radius 2 is 1.79 bits per heavy atom. The van der Waals surface area contributed by atoms with Crippen molar-refractivity contribution < 1.29 is 47.6 Å². The van der Waals surface area contributed by atoms with Crippen LogP contribution in [0.15, 0.2) is 48.9 Å². The molecule has 6 rings (SSSR count). The summed E-state index contributed by atoms with van der Waals surface area (Å²) in [6.07, 6.45) is -1.78. The minimum absolute atomic E-state index is 0.102. The van der Waals surface area contributed by atoms with Crippen molar-refractivity contribution in [2.75, 3.05) is 25.6 Å². The number of rotatable bonds is 7. The third kappa shape index (κ3) is 5.82. The number of hydrogen-bond donors (Lipinski definition) is 1. The molecule has 47 heavy (non-hydrogen) atoms. The number of anilines is 1. The average molecular weight is 647 g/mol. The molecule has 0 aliphatic carbocycles. The number of carbonyl (C=O) groups is 4. The largest absolute Gasteiger partial charge is 0.459 e. The molecule has 4 aromatic rings. The maximum atomic E-state index is 13.5. The van der Waals surface area contributed by atoms with Crippen molar-refractivity contribution in [2.45, 2.75) is 56.7 Å². The summed E-state index contributed by atoms with van der Waals surface area (Å²) < 4.78 is 36.4. The average Bonchev–Trinajstić information content (AvgIpc) is 3.74. The van der Waals surface area contributed by atoms with Crippen LogP contribution in [0.5, 0.6) is 0 Å². The van der Waals surface area contributed by atoms with E-state index in [4.69, 9.17) is 34.2 Å². The van der Waals surface area contributed by atoms with Crippen LogP contribution in [0.1, 0.15) is 42.7 Å². The number of aromatic nitrogens is 4. The molecular weight excluding hydrogens is 616 g/mol. The Hall–Kier alpha value is -5.53. The van der Waals surface area contributed by atoms with Crippen molar-refractivity contribution in [1.29, 1.82) is 5.26 Å². The summed E-state index contributed by atoms with van der Waals surface area (Å²) in [7, 11) is 0. The van der Waals surface area contributed by atoms with Gasteiger partial charge in [-0.3, -0.25) is 14.2 Å². The van der Waals surface area contributed by atoms with Crippen LogP contribution in [0.4, 0.5) is 10.6 Å². The fourth-order valence-electron chi connectivity index (χ4n) is 5.90. The zero-order chi connectivity index (χ0) is 33.3. The molecule has 0 amide bonds. The quantitative estimate of drug-likeness (QED) is 0.226. The zero-order valence-electron chi connectivity index (χ0n) is 25.4. The summed E-state index contributed by atoms with van der Waals surface area (Å²) in [6, 6.07) is 11.8. The molecule has 0 unspecified atom stereocenters. The van der Waals surface area contributed by atoms with E-state index in [0.29, 0.717) is 42.5 Å². The van der Waals surface area contributed by atoms with Crippen LogP contribution in [0.25, 0.3) is 16.4 Å². The first-order valence-electron chi connectivity index (χ1n) is 14.7. The number of para-hydroxylation sites is 1. The van der Waals surface area contributed by atoms with Gasteiger partial charge >= 0.3 is 24.0 Å². The van der Waals surface area contributed by atoms with Gasteiger partial charge in [0.1, 0.15) is 36.7 Å². The molecule has 0 radical (unpaired) electrons. The van der Waals surface area contributed by atoms with Gasteiger partial charge in [0.25, 0.3) is 0 Å². The van der Waals surface area contributed by atoms with Crippen molar-refractivity contribution >= 4 is 46.2 Å². The lowest BCUT2D eigenvalue weighted by molar-refractivity contribution is -0.166. The van der Waals surface area contributed by atoms with E-state index in [1.54, 1.807) is 30.3 Å². The van der Waals surface area contributed by atoms with Gasteiger partial charge in [-0.05, 0) is 18.2 Å². The van der Waals surface area contributed by atoms with Gasteiger partial charge in [-0.1, -0.05) is 18.2 Å². The molecular formula is C31H30N6O10. The lowest BCUT2D eigenvalue weighted by Gasteiger charge is -2.28. The van der Waals surface area contributed by atoms with E-state index in [2.05, 4.69) is 16.2 Å². The summed E-state index contributed by atoms with van der Waals surface area (Å²) in [5.41, 5.74) is 4.89. The van der Waals surface area contributed by atoms with Crippen LogP contribution in [0, 0.1) is 11.3 Å². The van der Waals surface area contributed by atoms with E-state index in [1.165, 1.54) is 23.1 Å². The number of nitrogens with two attached hydrogens (primary N) is 1. The highest BCUT2D eigenvalue weighted by Gasteiger charge is 2.62. The second-order valence-corrected chi connectivity index (χ2v) is 11.0. The predicted octanol–water partition coefficient (Wildman–Crippen LogP) is 2.27. The van der Waals surface area contributed by atoms with E-state index in [1.807, 2.05) is 0 Å². The number of ether oxygens (including phenoxy) is 6. The number of benzene rings is 1. The molecule has 0 spiro atoms. The number of hydrogen-bond acceptors (Lipinski definition) is 14. The van der Waals surface area contributed by atoms with E-state index in [9.17, 15) is 24.4 Å². The van der Waals surface area contributed by atoms with Crippen molar-refractivity contribution in [1.82, 2.24) is 19.2 Å². The Labute approximate surface area is 266 Å². The predicted molar refractivity (Wildman–Crippen MR) is 159 cm³/mol. The van der Waals surface area contributed by atoms with Crippen molar-refractivity contribution in [2.24, 2.45) is 0 Å².